The molecule has 1 aromatic heterocycles. The molecular formula is C13H23N5O. The van der Waals surface area contributed by atoms with Crippen molar-refractivity contribution < 1.29 is 4.74 Å². The van der Waals surface area contributed by atoms with E-state index in [1.165, 1.54) is 6.33 Å². The van der Waals surface area contributed by atoms with E-state index in [0.29, 0.717) is 24.2 Å². The number of ether oxygens (including phenoxy) is 1. The minimum Gasteiger partial charge on any atom is -0.476 e. The van der Waals surface area contributed by atoms with Gasteiger partial charge >= 0.3 is 0 Å². The van der Waals surface area contributed by atoms with Crippen LogP contribution in [0.1, 0.15) is 19.8 Å². The summed E-state index contributed by atoms with van der Waals surface area (Å²) in [7, 11) is 4.20. The van der Waals surface area contributed by atoms with Crippen molar-refractivity contribution in [3.05, 3.63) is 6.33 Å². The standard InChI is InChI=1S/C13H23N5O/c1-4-19-13-11(14)12(15-9-16-13)18(3)10-5-7-17(2)8-6-10/h9-10H,4-8,14H2,1-3H3. The van der Waals surface area contributed by atoms with Crippen LogP contribution in [0.25, 0.3) is 0 Å². The third kappa shape index (κ3) is 3.07. The molecule has 2 heterocycles. The van der Waals surface area contributed by atoms with E-state index in [1.807, 2.05) is 14.0 Å². The Hall–Kier alpha value is -1.56. The van der Waals surface area contributed by atoms with Gasteiger partial charge in [0.15, 0.2) is 5.82 Å². The largest absolute Gasteiger partial charge is 0.476 e. The van der Waals surface area contributed by atoms with Gasteiger partial charge in [-0.05, 0) is 39.9 Å². The molecular weight excluding hydrogens is 242 g/mol. The van der Waals surface area contributed by atoms with Gasteiger partial charge in [-0.1, -0.05) is 0 Å². The Morgan fingerprint density at radius 1 is 1.42 bits per heavy atom. The van der Waals surface area contributed by atoms with Crippen LogP contribution in [0.15, 0.2) is 6.33 Å². The number of hydrogen-bond donors (Lipinski definition) is 1. The number of rotatable bonds is 4. The SMILES string of the molecule is CCOc1ncnc(N(C)C2CCN(C)CC2)c1N. The molecule has 1 saturated heterocycles. The maximum absolute atomic E-state index is 6.10. The predicted octanol–water partition coefficient (Wildman–Crippen LogP) is 0.988. The molecule has 1 aliphatic heterocycles. The van der Waals surface area contributed by atoms with Crippen molar-refractivity contribution in [3.63, 3.8) is 0 Å². The van der Waals surface area contributed by atoms with Crippen molar-refractivity contribution in [2.24, 2.45) is 0 Å². The number of nitrogens with zero attached hydrogens (tertiary/aromatic N) is 4. The first-order valence-electron chi connectivity index (χ1n) is 6.78. The van der Waals surface area contributed by atoms with E-state index in [9.17, 15) is 0 Å². The van der Waals surface area contributed by atoms with Gasteiger partial charge in [0.1, 0.15) is 12.0 Å². The lowest BCUT2D eigenvalue weighted by atomic mass is 10.0. The molecule has 0 bridgehead atoms. The quantitative estimate of drug-likeness (QED) is 0.875. The first-order chi connectivity index (χ1) is 9.13. The smallest absolute Gasteiger partial charge is 0.242 e. The van der Waals surface area contributed by atoms with E-state index in [2.05, 4.69) is 26.8 Å². The number of hydrogen-bond acceptors (Lipinski definition) is 6. The van der Waals surface area contributed by atoms with Crippen LogP contribution in [0.5, 0.6) is 5.88 Å². The van der Waals surface area contributed by atoms with Gasteiger partial charge < -0.3 is 20.3 Å². The summed E-state index contributed by atoms with van der Waals surface area (Å²) in [6, 6.07) is 0.475. The Morgan fingerprint density at radius 2 is 2.11 bits per heavy atom. The molecule has 2 N–H and O–H groups in total. The van der Waals surface area contributed by atoms with Crippen LogP contribution in [-0.2, 0) is 0 Å². The van der Waals surface area contributed by atoms with Gasteiger partial charge in [0.25, 0.3) is 0 Å². The molecule has 1 aliphatic rings. The van der Waals surface area contributed by atoms with Gasteiger partial charge in [0.05, 0.1) is 6.61 Å². The average molecular weight is 265 g/mol. The first-order valence-corrected chi connectivity index (χ1v) is 6.78. The molecule has 0 aliphatic carbocycles. The molecule has 0 aromatic carbocycles. The Kier molecular flexibility index (Phi) is 4.42. The summed E-state index contributed by atoms with van der Waals surface area (Å²) >= 11 is 0. The molecule has 0 saturated carbocycles. The number of nitrogens with two attached hydrogens (primary N) is 1. The van der Waals surface area contributed by atoms with E-state index in [-0.39, 0.29) is 0 Å². The Morgan fingerprint density at radius 3 is 2.74 bits per heavy atom. The van der Waals surface area contributed by atoms with Gasteiger partial charge in [-0.15, -0.1) is 0 Å². The third-order valence-corrected chi connectivity index (χ3v) is 3.68. The van der Waals surface area contributed by atoms with Crippen LogP contribution in [-0.4, -0.2) is 54.7 Å². The summed E-state index contributed by atoms with van der Waals surface area (Å²) in [5.41, 5.74) is 6.64. The van der Waals surface area contributed by atoms with Crippen LogP contribution < -0.4 is 15.4 Å². The number of likely N-dealkylation sites (tertiary alicyclic amines) is 1. The normalized spacial score (nSPS) is 17.4. The number of anilines is 2. The first kappa shape index (κ1) is 13.9. The average Bonchev–Trinajstić information content (AvgIpc) is 2.41. The minimum absolute atomic E-state index is 0.475. The Bertz CT molecular complexity index is 417. The monoisotopic (exact) mass is 265 g/mol. The van der Waals surface area contributed by atoms with E-state index in [0.717, 1.165) is 31.7 Å². The molecule has 6 nitrogen and oxygen atoms in total. The van der Waals surface area contributed by atoms with E-state index >= 15 is 0 Å². The summed E-state index contributed by atoms with van der Waals surface area (Å²) in [6.07, 6.45) is 3.77. The lowest BCUT2D eigenvalue weighted by Gasteiger charge is -2.36. The molecule has 0 amide bonds. The lowest BCUT2D eigenvalue weighted by molar-refractivity contribution is 0.252. The van der Waals surface area contributed by atoms with Crippen LogP contribution in [0, 0.1) is 0 Å². The predicted molar refractivity (Wildman–Crippen MR) is 76.5 cm³/mol. The van der Waals surface area contributed by atoms with Gasteiger partial charge in [0.2, 0.25) is 5.88 Å². The molecule has 106 valence electrons. The zero-order valence-electron chi connectivity index (χ0n) is 12.0. The number of piperidine rings is 1. The van der Waals surface area contributed by atoms with E-state index in [1.54, 1.807) is 0 Å². The zero-order valence-corrected chi connectivity index (χ0v) is 12.0. The highest BCUT2D eigenvalue weighted by Crippen LogP contribution is 2.30. The van der Waals surface area contributed by atoms with Crippen LogP contribution in [0.3, 0.4) is 0 Å². The van der Waals surface area contributed by atoms with E-state index < -0.39 is 0 Å². The molecule has 6 heteroatoms. The maximum Gasteiger partial charge on any atom is 0.242 e. The Balaban J connectivity index is 2.14. The van der Waals surface area contributed by atoms with Crippen LogP contribution in [0.2, 0.25) is 0 Å². The van der Waals surface area contributed by atoms with Crippen molar-refractivity contribution in [3.8, 4) is 5.88 Å². The zero-order chi connectivity index (χ0) is 13.8. The maximum atomic E-state index is 6.10. The molecule has 0 atom stereocenters. The van der Waals surface area contributed by atoms with Crippen molar-refractivity contribution in [1.29, 1.82) is 0 Å². The molecule has 0 radical (unpaired) electrons. The summed E-state index contributed by atoms with van der Waals surface area (Å²) in [5.74, 6) is 1.25. The van der Waals surface area contributed by atoms with Crippen molar-refractivity contribution in [2.45, 2.75) is 25.8 Å². The highest BCUT2D eigenvalue weighted by Gasteiger charge is 2.24. The van der Waals surface area contributed by atoms with Crippen molar-refractivity contribution >= 4 is 11.5 Å². The summed E-state index contributed by atoms with van der Waals surface area (Å²) in [6.45, 7) is 4.69. The number of nitrogen functional groups attached to an aromatic ring is 1. The van der Waals surface area contributed by atoms with Crippen molar-refractivity contribution in [2.75, 3.05) is 44.4 Å². The minimum atomic E-state index is 0.475. The van der Waals surface area contributed by atoms with Gasteiger partial charge in [-0.3, -0.25) is 0 Å². The highest BCUT2D eigenvalue weighted by atomic mass is 16.5. The fourth-order valence-electron chi connectivity index (χ4n) is 2.46. The van der Waals surface area contributed by atoms with Gasteiger partial charge in [-0.25, -0.2) is 4.98 Å². The fraction of sp³-hybridized carbons (Fsp3) is 0.692. The summed E-state index contributed by atoms with van der Waals surface area (Å²) in [4.78, 5) is 12.9. The van der Waals surface area contributed by atoms with Gasteiger partial charge in [0, 0.05) is 13.1 Å². The van der Waals surface area contributed by atoms with E-state index in [4.69, 9.17) is 10.5 Å². The fourth-order valence-corrected chi connectivity index (χ4v) is 2.46. The third-order valence-electron chi connectivity index (χ3n) is 3.68. The molecule has 0 spiro atoms. The van der Waals surface area contributed by atoms with Crippen LogP contribution >= 0.6 is 0 Å². The van der Waals surface area contributed by atoms with Crippen molar-refractivity contribution in [1.82, 2.24) is 14.9 Å². The molecule has 0 unspecified atom stereocenters. The molecule has 1 aromatic rings. The molecule has 19 heavy (non-hydrogen) atoms. The Labute approximate surface area is 114 Å². The topological polar surface area (TPSA) is 67.5 Å². The van der Waals surface area contributed by atoms with Gasteiger partial charge in [-0.2, -0.15) is 4.98 Å². The highest BCUT2D eigenvalue weighted by molar-refractivity contribution is 5.67. The van der Waals surface area contributed by atoms with Crippen LogP contribution in [0.4, 0.5) is 11.5 Å². The molecule has 2 rings (SSSR count). The second kappa shape index (κ2) is 6.06. The summed E-state index contributed by atoms with van der Waals surface area (Å²) < 4.78 is 5.42. The second-order valence-corrected chi connectivity index (χ2v) is 4.99. The lowest BCUT2D eigenvalue weighted by Crippen LogP contribution is -2.42. The molecule has 1 fully saturated rings. The second-order valence-electron chi connectivity index (χ2n) is 4.99. The number of aromatic nitrogens is 2. The summed E-state index contributed by atoms with van der Waals surface area (Å²) in [5, 5.41) is 0.